The molecule has 182 valence electrons. The van der Waals surface area contributed by atoms with Crippen LogP contribution in [0.25, 0.3) is 0 Å². The molecule has 2 aliphatic rings. The molecular weight excluding hydrogens is 510 g/mol. The zero-order valence-electron chi connectivity index (χ0n) is 18.1. The van der Waals surface area contributed by atoms with Crippen molar-refractivity contribution in [3.63, 3.8) is 0 Å². The first kappa shape index (κ1) is 24.3. The van der Waals surface area contributed by atoms with Gasteiger partial charge in [-0.2, -0.15) is 0 Å². The van der Waals surface area contributed by atoms with Crippen molar-refractivity contribution in [3.05, 3.63) is 11.1 Å². The molecule has 0 spiro atoms. The van der Waals surface area contributed by atoms with E-state index in [-0.39, 0.29) is 29.5 Å². The van der Waals surface area contributed by atoms with E-state index in [4.69, 9.17) is 9.57 Å². The molecule has 0 radical (unpaired) electrons. The maximum Gasteiger partial charge on any atom is 0.313 e. The van der Waals surface area contributed by atoms with Gasteiger partial charge in [-0.05, 0) is 22.0 Å². The van der Waals surface area contributed by atoms with Crippen LogP contribution in [0, 0.1) is 5.41 Å². The molecule has 3 atom stereocenters. The molecule has 2 fully saturated rings. The number of carbonyl (C=O) groups is 3. The van der Waals surface area contributed by atoms with E-state index < -0.39 is 34.3 Å². The maximum absolute atomic E-state index is 13.2. The number of β-lactam (4-membered cyclic amide) rings is 1. The number of carbonyl (C=O) groups excluding carboxylic acids is 2. The molecule has 2 saturated heterocycles. The highest BCUT2D eigenvalue weighted by molar-refractivity contribution is 8.00. The van der Waals surface area contributed by atoms with Gasteiger partial charge in [0.25, 0.3) is 17.5 Å². The van der Waals surface area contributed by atoms with E-state index in [1.165, 1.54) is 52.7 Å². The van der Waals surface area contributed by atoms with Crippen LogP contribution in [-0.4, -0.2) is 107 Å². The topological polar surface area (TPSA) is 187 Å². The third-order valence-electron chi connectivity index (χ3n) is 5.33. The number of oxime groups is 1. The number of tetrazole rings is 1. The number of aromatic nitrogens is 6. The van der Waals surface area contributed by atoms with Gasteiger partial charge in [-0.15, -0.1) is 22.0 Å². The average molecular weight is 530 g/mol. The van der Waals surface area contributed by atoms with E-state index in [9.17, 15) is 19.5 Å². The standard InChI is InChI=1S/C16H19N9O6S3/c1-24-14(19-21-22-24)33-7-15(13(28)29)5-25-11(27)16(30-2,12(25)32-6-15)17-10(26)9(20-31-3)8-4-34-23-18-8/h4,12H,5-7H2,1-3H3,(H,17,26)(H,28,29)/t12-,15?,16?/m1/s1. The van der Waals surface area contributed by atoms with E-state index in [0.29, 0.717) is 5.16 Å². The van der Waals surface area contributed by atoms with Crippen molar-refractivity contribution in [2.75, 3.05) is 32.3 Å². The zero-order valence-corrected chi connectivity index (χ0v) is 20.5. The predicted molar refractivity (Wildman–Crippen MR) is 119 cm³/mol. The van der Waals surface area contributed by atoms with Crippen molar-refractivity contribution in [1.82, 2.24) is 40.0 Å². The number of ether oxygens (including phenoxy) is 1. The van der Waals surface area contributed by atoms with Gasteiger partial charge < -0.3 is 24.9 Å². The molecule has 2 amide bonds. The molecule has 18 heteroatoms. The first-order valence-corrected chi connectivity index (χ1v) is 12.4. The van der Waals surface area contributed by atoms with Gasteiger partial charge in [-0.25, -0.2) is 4.68 Å². The quantitative estimate of drug-likeness (QED) is 0.128. The lowest BCUT2D eigenvalue weighted by atomic mass is 9.88. The molecule has 34 heavy (non-hydrogen) atoms. The number of hydrogen-bond donors (Lipinski definition) is 2. The number of methoxy groups -OCH3 is 1. The van der Waals surface area contributed by atoms with E-state index >= 15 is 0 Å². The van der Waals surface area contributed by atoms with Crippen LogP contribution in [0.4, 0.5) is 0 Å². The first-order valence-electron chi connectivity index (χ1n) is 9.55. The summed E-state index contributed by atoms with van der Waals surface area (Å²) in [6, 6.07) is 0. The molecule has 4 heterocycles. The minimum Gasteiger partial charge on any atom is -0.481 e. The van der Waals surface area contributed by atoms with Crippen molar-refractivity contribution in [2.45, 2.75) is 16.3 Å². The van der Waals surface area contributed by atoms with E-state index in [1.807, 2.05) is 0 Å². The summed E-state index contributed by atoms with van der Waals surface area (Å²) in [5, 5.41) is 32.6. The van der Waals surface area contributed by atoms with Crippen LogP contribution in [0.3, 0.4) is 0 Å². The van der Waals surface area contributed by atoms with E-state index in [1.54, 1.807) is 7.05 Å². The molecule has 2 aromatic rings. The summed E-state index contributed by atoms with van der Waals surface area (Å²) in [6.45, 7) is -0.0624. The summed E-state index contributed by atoms with van der Waals surface area (Å²) in [4.78, 5) is 44.5. The average Bonchev–Trinajstić information content (AvgIpc) is 3.50. The maximum atomic E-state index is 13.2. The van der Waals surface area contributed by atoms with E-state index in [2.05, 4.69) is 35.6 Å². The van der Waals surface area contributed by atoms with Crippen LogP contribution in [0.1, 0.15) is 5.69 Å². The van der Waals surface area contributed by atoms with Crippen molar-refractivity contribution in [3.8, 4) is 0 Å². The Kier molecular flexibility index (Phi) is 6.74. The third-order valence-corrected chi connectivity index (χ3v) is 8.76. The van der Waals surface area contributed by atoms with Crippen molar-refractivity contribution >= 4 is 58.6 Å². The first-order chi connectivity index (χ1) is 16.3. The molecule has 15 nitrogen and oxygen atoms in total. The summed E-state index contributed by atoms with van der Waals surface area (Å²) in [6.07, 6.45) is 0. The number of aliphatic carboxylic acids is 1. The lowest BCUT2D eigenvalue weighted by Crippen LogP contribution is -2.83. The van der Waals surface area contributed by atoms with Crippen molar-refractivity contribution in [2.24, 2.45) is 17.6 Å². The Morgan fingerprint density at radius 3 is 2.79 bits per heavy atom. The molecule has 0 aliphatic carbocycles. The van der Waals surface area contributed by atoms with Crippen molar-refractivity contribution in [1.29, 1.82) is 0 Å². The zero-order chi connectivity index (χ0) is 24.5. The predicted octanol–water partition coefficient (Wildman–Crippen LogP) is -1.35. The van der Waals surface area contributed by atoms with Crippen LogP contribution in [-0.2, 0) is 31.0 Å². The Labute approximate surface area is 204 Å². The molecule has 4 rings (SSSR count). The highest BCUT2D eigenvalue weighted by atomic mass is 32.2. The number of carboxylic acid groups (broad SMARTS) is 1. The van der Waals surface area contributed by atoms with Crippen LogP contribution < -0.4 is 5.32 Å². The number of nitrogens with one attached hydrogen (secondary N) is 1. The molecule has 2 N–H and O–H groups in total. The van der Waals surface area contributed by atoms with Crippen LogP contribution in [0.5, 0.6) is 0 Å². The minimum absolute atomic E-state index is 0.0624. The Bertz CT molecular complexity index is 1130. The number of hydrogen-bond acceptors (Lipinski definition) is 14. The molecule has 0 bridgehead atoms. The molecule has 2 aliphatic heterocycles. The summed E-state index contributed by atoms with van der Waals surface area (Å²) >= 11 is 3.42. The number of rotatable bonds is 9. The second-order valence-electron chi connectivity index (χ2n) is 7.36. The summed E-state index contributed by atoms with van der Waals surface area (Å²) in [5.74, 6) is -2.03. The lowest BCUT2D eigenvalue weighted by Gasteiger charge is -2.58. The monoisotopic (exact) mass is 529 g/mol. The molecule has 2 aromatic heterocycles. The van der Waals surface area contributed by atoms with Gasteiger partial charge >= 0.3 is 5.97 Å². The fourth-order valence-electron chi connectivity index (χ4n) is 3.52. The Morgan fingerprint density at radius 2 is 2.21 bits per heavy atom. The highest BCUT2D eigenvalue weighted by Gasteiger charge is 2.67. The lowest BCUT2D eigenvalue weighted by molar-refractivity contribution is -0.199. The molecule has 0 saturated carbocycles. The van der Waals surface area contributed by atoms with Crippen LogP contribution in [0.15, 0.2) is 15.7 Å². The molecule has 2 unspecified atom stereocenters. The largest absolute Gasteiger partial charge is 0.481 e. The highest BCUT2D eigenvalue weighted by Crippen LogP contribution is 2.48. The molecule has 0 aromatic carbocycles. The van der Waals surface area contributed by atoms with Gasteiger partial charge in [0.1, 0.15) is 23.6 Å². The number of carboxylic acids is 1. The fourth-order valence-corrected chi connectivity index (χ4v) is 6.77. The van der Waals surface area contributed by atoms with Gasteiger partial charge in [-0.1, -0.05) is 21.4 Å². The summed E-state index contributed by atoms with van der Waals surface area (Å²) in [5.41, 5.74) is -2.93. The van der Waals surface area contributed by atoms with Gasteiger partial charge in [0.05, 0.1) is 0 Å². The normalized spacial score (nSPS) is 26.6. The summed E-state index contributed by atoms with van der Waals surface area (Å²) < 4.78 is 10.6. The number of amides is 2. The van der Waals surface area contributed by atoms with Gasteiger partial charge in [0.2, 0.25) is 5.16 Å². The Morgan fingerprint density at radius 1 is 1.41 bits per heavy atom. The number of aryl methyl sites for hydroxylation is 1. The second-order valence-corrected chi connectivity index (χ2v) is 9.98. The van der Waals surface area contributed by atoms with Gasteiger partial charge in [0.15, 0.2) is 5.71 Å². The van der Waals surface area contributed by atoms with E-state index in [0.717, 1.165) is 11.5 Å². The van der Waals surface area contributed by atoms with Crippen LogP contribution >= 0.6 is 35.1 Å². The third kappa shape index (κ3) is 3.99. The Hall–Kier alpha value is -2.83. The van der Waals surface area contributed by atoms with Crippen molar-refractivity contribution < 1.29 is 29.1 Å². The van der Waals surface area contributed by atoms with Gasteiger partial charge in [-0.3, -0.25) is 14.4 Å². The fraction of sp³-hybridized carbons (Fsp3) is 0.562. The summed E-state index contributed by atoms with van der Waals surface area (Å²) in [7, 11) is 4.22. The van der Waals surface area contributed by atoms with Crippen LogP contribution in [0.2, 0.25) is 0 Å². The second kappa shape index (κ2) is 9.43. The number of fused-ring (bicyclic) bond motifs is 1. The number of nitrogens with zero attached hydrogens (tertiary/aromatic N) is 8. The smallest absolute Gasteiger partial charge is 0.313 e. The number of thioether (sulfide) groups is 2. The minimum atomic E-state index is -1.69. The Balaban J connectivity index is 1.51. The SMILES string of the molecule is CON=C(C(=O)NC1(OC)C(=O)N2CC(CSc3nnnn3C)(C(=O)O)CS[C@@H]21)c1csnn1. The van der Waals surface area contributed by atoms with Gasteiger partial charge in [0, 0.05) is 37.6 Å². The molecular formula is C16H19N9O6S3.